The summed E-state index contributed by atoms with van der Waals surface area (Å²) >= 11 is 0. The predicted molar refractivity (Wildman–Crippen MR) is 177 cm³/mol. The maximum absolute atomic E-state index is 14.4. The van der Waals surface area contributed by atoms with Crippen molar-refractivity contribution in [1.82, 2.24) is 0 Å². The molecule has 4 aliphatic carbocycles. The molecule has 0 heterocycles. The van der Waals surface area contributed by atoms with E-state index in [9.17, 15) is 39.3 Å². The van der Waals surface area contributed by atoms with E-state index in [0.717, 1.165) is 30.4 Å². The zero-order chi connectivity index (χ0) is 36.4. The van der Waals surface area contributed by atoms with Gasteiger partial charge in [0.05, 0.1) is 18.4 Å². The normalized spacial score (nSPS) is 36.2. The number of ketones is 2. The number of aliphatic carboxylic acids is 1. The molecule has 10 nitrogen and oxygen atoms in total. The quantitative estimate of drug-likeness (QED) is 0.230. The number of carbonyl (C=O) groups excluding carboxylic acids is 4. The molecule has 0 aromatic rings. The molecule has 0 saturated heterocycles. The number of carbonyl (C=O) groups is 5. The van der Waals surface area contributed by atoms with E-state index in [4.69, 9.17) is 9.47 Å². The highest BCUT2D eigenvalue weighted by atomic mass is 16.6. The van der Waals surface area contributed by atoms with Crippen LogP contribution in [0.4, 0.5) is 0 Å². The van der Waals surface area contributed by atoms with E-state index < -0.39 is 65.0 Å². The van der Waals surface area contributed by atoms with Crippen LogP contribution in [0.3, 0.4) is 0 Å². The Morgan fingerprint density at radius 2 is 1.60 bits per heavy atom. The van der Waals surface area contributed by atoms with E-state index in [1.54, 1.807) is 0 Å². The molecule has 10 heteroatoms. The van der Waals surface area contributed by atoms with E-state index in [1.165, 1.54) is 27.7 Å². The van der Waals surface area contributed by atoms with Gasteiger partial charge in [0, 0.05) is 36.2 Å². The Morgan fingerprint density at radius 1 is 0.979 bits per heavy atom. The topological polar surface area (TPSA) is 164 Å². The van der Waals surface area contributed by atoms with Crippen molar-refractivity contribution < 1.29 is 48.8 Å². The van der Waals surface area contributed by atoms with Gasteiger partial charge in [-0.3, -0.25) is 24.0 Å². The molecule has 9 atom stereocenters. The van der Waals surface area contributed by atoms with E-state index in [1.807, 2.05) is 13.8 Å². The number of allylic oxidation sites excluding steroid dienone is 2. The minimum Gasteiger partial charge on any atom is -0.481 e. The number of carboxylic acid groups (broad SMARTS) is 1. The third kappa shape index (κ3) is 6.64. The van der Waals surface area contributed by atoms with E-state index in [-0.39, 0.29) is 40.7 Å². The van der Waals surface area contributed by atoms with Crippen LogP contribution in [-0.4, -0.2) is 68.2 Å². The second-order valence-corrected chi connectivity index (χ2v) is 17.7. The molecule has 4 rings (SSSR count). The molecule has 2 saturated carbocycles. The Balaban J connectivity index is 1.70. The number of esters is 2. The van der Waals surface area contributed by atoms with Crippen molar-refractivity contribution >= 4 is 29.5 Å². The first-order chi connectivity index (χ1) is 21.8. The summed E-state index contributed by atoms with van der Waals surface area (Å²) in [6.45, 7) is 18.4. The molecule has 0 aliphatic heterocycles. The van der Waals surface area contributed by atoms with Gasteiger partial charge in [-0.1, -0.05) is 47.1 Å². The van der Waals surface area contributed by atoms with Gasteiger partial charge >= 0.3 is 17.9 Å². The number of hydrogen-bond donors (Lipinski definition) is 3. The van der Waals surface area contributed by atoms with Crippen LogP contribution in [0.1, 0.15) is 133 Å². The van der Waals surface area contributed by atoms with Gasteiger partial charge in [0.25, 0.3) is 0 Å². The SMILES string of the molecule is CC(=O)O[C@H]1[C@H](OC(=O)C[C@](C)(O)CC(=O)O)C[C@]2(C)C3=C(C(=O)C[C@H]2C1(C)C)[C@]1(C)CC[C@H]([C@H](C)CCC(=O)C(C)(C)O)[C@@]1(C)CC3. The average molecular weight is 675 g/mol. The second-order valence-electron chi connectivity index (χ2n) is 17.7. The highest BCUT2D eigenvalue weighted by molar-refractivity contribution is 5.99. The number of hydrogen-bond acceptors (Lipinski definition) is 9. The smallest absolute Gasteiger partial charge is 0.309 e. The highest BCUT2D eigenvalue weighted by Gasteiger charge is 2.67. The van der Waals surface area contributed by atoms with Crippen molar-refractivity contribution in [3.63, 3.8) is 0 Å². The van der Waals surface area contributed by atoms with E-state index in [2.05, 4.69) is 27.7 Å². The molecule has 270 valence electrons. The summed E-state index contributed by atoms with van der Waals surface area (Å²) in [7, 11) is 0. The Kier molecular flexibility index (Phi) is 10.1. The van der Waals surface area contributed by atoms with Crippen molar-refractivity contribution in [2.45, 2.75) is 157 Å². The maximum Gasteiger partial charge on any atom is 0.309 e. The summed E-state index contributed by atoms with van der Waals surface area (Å²) in [5, 5.41) is 30.0. The van der Waals surface area contributed by atoms with Crippen LogP contribution >= 0.6 is 0 Å². The minimum atomic E-state index is -1.82. The molecular formula is C38H58O10. The number of rotatable bonds is 11. The first-order valence-electron chi connectivity index (χ1n) is 17.6. The molecular weight excluding hydrogens is 616 g/mol. The zero-order valence-electron chi connectivity index (χ0n) is 30.7. The maximum atomic E-state index is 14.4. The van der Waals surface area contributed by atoms with Gasteiger partial charge in [0.2, 0.25) is 0 Å². The molecule has 0 radical (unpaired) electrons. The fourth-order valence-electron chi connectivity index (χ4n) is 10.7. The molecule has 48 heavy (non-hydrogen) atoms. The van der Waals surface area contributed by atoms with Crippen LogP contribution in [0.2, 0.25) is 0 Å². The van der Waals surface area contributed by atoms with Gasteiger partial charge < -0.3 is 24.8 Å². The molecule has 0 bridgehead atoms. The lowest BCUT2D eigenvalue weighted by Gasteiger charge is -2.62. The summed E-state index contributed by atoms with van der Waals surface area (Å²) in [5.41, 5.74) is -3.05. The summed E-state index contributed by atoms with van der Waals surface area (Å²) in [6.07, 6.45) is 2.06. The van der Waals surface area contributed by atoms with Crippen LogP contribution < -0.4 is 0 Å². The molecule has 0 aromatic carbocycles. The number of ether oxygens (including phenoxy) is 2. The van der Waals surface area contributed by atoms with Crippen LogP contribution in [0.25, 0.3) is 0 Å². The highest BCUT2D eigenvalue weighted by Crippen LogP contribution is 2.72. The number of aliphatic hydroxyl groups is 2. The summed E-state index contributed by atoms with van der Waals surface area (Å²) in [4.78, 5) is 63.8. The number of carboxylic acids is 1. The lowest BCUT2D eigenvalue weighted by Crippen LogP contribution is -2.62. The molecule has 0 unspecified atom stereocenters. The summed E-state index contributed by atoms with van der Waals surface area (Å²) in [6, 6.07) is 0. The molecule has 4 aliphatic rings. The zero-order valence-corrected chi connectivity index (χ0v) is 30.7. The molecule has 0 spiro atoms. The van der Waals surface area contributed by atoms with Crippen molar-refractivity contribution in [2.75, 3.05) is 0 Å². The summed E-state index contributed by atoms with van der Waals surface area (Å²) in [5.74, 6) is -2.25. The van der Waals surface area contributed by atoms with Gasteiger partial charge in [0.15, 0.2) is 11.6 Å². The predicted octanol–water partition coefficient (Wildman–Crippen LogP) is 5.74. The third-order valence-electron chi connectivity index (χ3n) is 13.3. The average Bonchev–Trinajstić information content (AvgIpc) is 3.19. The van der Waals surface area contributed by atoms with Crippen LogP contribution in [-0.2, 0) is 33.4 Å². The van der Waals surface area contributed by atoms with Crippen molar-refractivity contribution in [1.29, 1.82) is 0 Å². The largest absolute Gasteiger partial charge is 0.481 e. The van der Waals surface area contributed by atoms with E-state index >= 15 is 0 Å². The lowest BCUT2D eigenvalue weighted by molar-refractivity contribution is -0.207. The van der Waals surface area contributed by atoms with Gasteiger partial charge in [-0.2, -0.15) is 0 Å². The number of fused-ring (bicyclic) bond motifs is 4. The van der Waals surface area contributed by atoms with Crippen molar-refractivity contribution in [3.8, 4) is 0 Å². The number of Topliss-reactive ketones (excluding diaryl/α,β-unsaturated/α-hetero) is 2. The van der Waals surface area contributed by atoms with Crippen LogP contribution in [0.15, 0.2) is 11.1 Å². The Labute approximate surface area is 285 Å². The van der Waals surface area contributed by atoms with Crippen LogP contribution in [0.5, 0.6) is 0 Å². The summed E-state index contributed by atoms with van der Waals surface area (Å²) < 4.78 is 11.9. The molecule has 0 amide bonds. The Bertz CT molecular complexity index is 1380. The van der Waals surface area contributed by atoms with Crippen LogP contribution in [0, 0.1) is 39.4 Å². The first kappa shape index (κ1) is 38.2. The molecule has 2 fully saturated rings. The fraction of sp³-hybridized carbons (Fsp3) is 0.816. The standard InChI is InChI=1S/C38H58O10/c1-21(11-12-28(41)34(5,6)45)23-13-16-38(10)31-24(14-15-37(23,38)9)36(8)18-26(48-30(44)20-35(7,46)19-29(42)43)32(47-22(2)39)33(3,4)27(36)17-25(31)40/h21,23,26-27,32,45-46H,11-20H2,1-10H3,(H,42,43)/t21-,23-,26-,27+,32+,35-,36-,37-,38+/m1/s1. The third-order valence-corrected chi connectivity index (χ3v) is 13.3. The first-order valence-corrected chi connectivity index (χ1v) is 17.6. The Morgan fingerprint density at radius 3 is 2.17 bits per heavy atom. The van der Waals surface area contributed by atoms with Crippen molar-refractivity contribution in [3.05, 3.63) is 11.1 Å². The molecule has 0 aromatic heterocycles. The monoisotopic (exact) mass is 674 g/mol. The van der Waals surface area contributed by atoms with Gasteiger partial charge in [0.1, 0.15) is 17.8 Å². The van der Waals surface area contributed by atoms with Gasteiger partial charge in [-0.25, -0.2) is 0 Å². The second kappa shape index (κ2) is 12.6. The lowest BCUT2D eigenvalue weighted by atomic mass is 9.42. The van der Waals surface area contributed by atoms with Gasteiger partial charge in [-0.15, -0.1) is 0 Å². The van der Waals surface area contributed by atoms with E-state index in [0.29, 0.717) is 31.6 Å². The minimum absolute atomic E-state index is 0.126. The fourth-order valence-corrected chi connectivity index (χ4v) is 10.7. The Hall–Kier alpha value is -2.59. The van der Waals surface area contributed by atoms with Gasteiger partial charge in [-0.05, 0) is 87.9 Å². The molecule has 3 N–H and O–H groups in total. The van der Waals surface area contributed by atoms with Crippen molar-refractivity contribution in [2.24, 2.45) is 39.4 Å².